The van der Waals surface area contributed by atoms with E-state index in [2.05, 4.69) is 206 Å². The van der Waals surface area contributed by atoms with E-state index < -0.39 is 0 Å². The second-order valence-electron chi connectivity index (χ2n) is 19.3. The average molecular weight is 813 g/mol. The van der Waals surface area contributed by atoms with Gasteiger partial charge in [0.05, 0.1) is 16.8 Å². The SMILES string of the molecule is Cc1ccc(N(c2ccc(C)cc2)c2ccc(N3c4ccc(C(C)(C)C)cc4B4c5sc6ccc(C(C)(C)C)cc6c5Oc5cc(C)cc3c54)c3c2oc2ccccc23)cc1. The van der Waals surface area contributed by atoms with Crippen molar-refractivity contribution in [2.24, 2.45) is 0 Å². The molecule has 2 aliphatic rings. The van der Waals surface area contributed by atoms with Crippen LogP contribution in [-0.4, -0.2) is 6.71 Å². The first-order chi connectivity index (χ1) is 29.2. The van der Waals surface area contributed by atoms with E-state index in [4.69, 9.17) is 9.15 Å². The van der Waals surface area contributed by atoms with E-state index in [1.807, 2.05) is 11.3 Å². The van der Waals surface area contributed by atoms with Crippen LogP contribution in [0.3, 0.4) is 0 Å². The molecule has 300 valence electrons. The van der Waals surface area contributed by atoms with Crippen LogP contribution in [0.1, 0.15) is 69.4 Å². The fourth-order valence-corrected chi connectivity index (χ4v) is 10.8. The third kappa shape index (κ3) is 5.94. The lowest BCUT2D eigenvalue weighted by Gasteiger charge is -2.40. The van der Waals surface area contributed by atoms with Gasteiger partial charge in [-0.25, -0.2) is 0 Å². The standard InChI is InChI=1S/C55H49BN2O2S/c1-32-14-20-37(21-15-32)57(38-22-16-33(2)17-23-38)44-26-25-43(49-39-12-10-11-13-46(39)59-52(44)49)58-42-24-18-36(55(7,8)9)31-41(42)56-50-45(58)28-34(3)29-47(50)60-51-40-30-35(54(4,5)6)19-27-48(40)61-53(51)56/h10-31H,1-9H3. The zero-order valence-electron chi connectivity index (χ0n) is 36.4. The number of furan rings is 1. The summed E-state index contributed by atoms with van der Waals surface area (Å²) in [5.41, 5.74) is 16.9. The van der Waals surface area contributed by atoms with Gasteiger partial charge in [0.2, 0.25) is 0 Å². The molecule has 0 saturated heterocycles. The number of anilines is 6. The molecular weight excluding hydrogens is 763 g/mol. The number of para-hydroxylation sites is 1. The average Bonchev–Trinajstić information content (AvgIpc) is 3.80. The predicted octanol–water partition coefficient (Wildman–Crippen LogP) is 14.2. The summed E-state index contributed by atoms with van der Waals surface area (Å²) in [5, 5.41) is 3.35. The van der Waals surface area contributed by atoms with Crippen LogP contribution in [0.2, 0.25) is 0 Å². The maximum Gasteiger partial charge on any atom is 0.268 e. The summed E-state index contributed by atoms with van der Waals surface area (Å²) >= 11 is 1.88. The van der Waals surface area contributed by atoms with Gasteiger partial charge < -0.3 is 19.0 Å². The van der Waals surface area contributed by atoms with E-state index >= 15 is 0 Å². The lowest BCUT2D eigenvalue weighted by Crippen LogP contribution is -2.58. The van der Waals surface area contributed by atoms with Crippen LogP contribution in [0.15, 0.2) is 138 Å². The Bertz CT molecular complexity index is 3190. The number of aryl methyl sites for hydroxylation is 3. The van der Waals surface area contributed by atoms with Gasteiger partial charge in [0.25, 0.3) is 6.71 Å². The third-order valence-electron chi connectivity index (χ3n) is 12.8. The van der Waals surface area contributed by atoms with Crippen molar-refractivity contribution in [1.29, 1.82) is 0 Å². The topological polar surface area (TPSA) is 28.9 Å². The van der Waals surface area contributed by atoms with E-state index in [9.17, 15) is 0 Å². The second-order valence-corrected chi connectivity index (χ2v) is 20.3. The molecule has 0 saturated carbocycles. The lowest BCUT2D eigenvalue weighted by atomic mass is 9.36. The van der Waals surface area contributed by atoms with Gasteiger partial charge in [-0.15, -0.1) is 11.3 Å². The molecule has 6 heteroatoms. The Balaban J connectivity index is 1.20. The number of rotatable bonds is 4. The molecule has 0 aliphatic carbocycles. The molecule has 4 nitrogen and oxygen atoms in total. The van der Waals surface area contributed by atoms with Crippen molar-refractivity contribution in [3.63, 3.8) is 0 Å². The maximum atomic E-state index is 7.19. The Hall–Kier alpha value is -6.24. The van der Waals surface area contributed by atoms with Crippen molar-refractivity contribution >= 4 is 99.9 Å². The fourth-order valence-electron chi connectivity index (χ4n) is 9.52. The number of fused-ring (bicyclic) bond motifs is 9. The van der Waals surface area contributed by atoms with Crippen molar-refractivity contribution in [3.05, 3.63) is 161 Å². The normalized spacial score (nSPS) is 13.4. The molecule has 0 atom stereocenters. The highest BCUT2D eigenvalue weighted by molar-refractivity contribution is 7.33. The quantitative estimate of drug-likeness (QED) is 0.166. The van der Waals surface area contributed by atoms with Crippen LogP contribution in [-0.2, 0) is 10.8 Å². The predicted molar refractivity (Wildman–Crippen MR) is 261 cm³/mol. The van der Waals surface area contributed by atoms with Crippen LogP contribution in [0, 0.1) is 20.8 Å². The van der Waals surface area contributed by atoms with Gasteiger partial charge in [-0.05, 0) is 132 Å². The Morgan fingerprint density at radius 2 is 1.23 bits per heavy atom. The van der Waals surface area contributed by atoms with Gasteiger partial charge >= 0.3 is 0 Å². The third-order valence-corrected chi connectivity index (χ3v) is 14.0. The Morgan fingerprint density at radius 3 is 1.92 bits per heavy atom. The van der Waals surface area contributed by atoms with E-state index in [0.29, 0.717) is 0 Å². The van der Waals surface area contributed by atoms with Gasteiger partial charge in [0.1, 0.15) is 17.1 Å². The summed E-state index contributed by atoms with van der Waals surface area (Å²) in [4.78, 5) is 4.83. The van der Waals surface area contributed by atoms with Crippen LogP contribution >= 0.6 is 11.3 Å². The molecule has 11 rings (SSSR count). The van der Waals surface area contributed by atoms with E-state index in [1.54, 1.807) is 0 Å². The summed E-state index contributed by atoms with van der Waals surface area (Å²) in [5.74, 6) is 1.93. The molecule has 7 aromatic carbocycles. The highest BCUT2D eigenvalue weighted by Gasteiger charge is 2.45. The first kappa shape index (κ1) is 37.7. The van der Waals surface area contributed by atoms with Crippen LogP contribution in [0.5, 0.6) is 11.5 Å². The summed E-state index contributed by atoms with van der Waals surface area (Å²) < 4.78 is 16.8. The molecule has 0 bridgehead atoms. The van der Waals surface area contributed by atoms with Crippen molar-refractivity contribution < 1.29 is 9.15 Å². The van der Waals surface area contributed by atoms with Crippen molar-refractivity contribution in [2.75, 3.05) is 9.80 Å². The van der Waals surface area contributed by atoms with E-state index in [1.165, 1.54) is 53.7 Å². The Kier molecular flexibility index (Phi) is 8.28. The number of nitrogens with zero attached hydrogens (tertiary/aromatic N) is 2. The van der Waals surface area contributed by atoms with Gasteiger partial charge in [-0.3, -0.25) is 0 Å². The van der Waals surface area contributed by atoms with Crippen LogP contribution < -0.4 is 30.2 Å². The van der Waals surface area contributed by atoms with Crippen LogP contribution in [0.25, 0.3) is 32.0 Å². The number of benzene rings is 7. The van der Waals surface area contributed by atoms with E-state index in [-0.39, 0.29) is 17.5 Å². The molecule has 4 heterocycles. The summed E-state index contributed by atoms with van der Waals surface area (Å²) in [6, 6.07) is 49.4. The number of ether oxygens (including phenoxy) is 1. The summed E-state index contributed by atoms with van der Waals surface area (Å²) in [6.45, 7) is 20.3. The molecule has 0 fully saturated rings. The minimum Gasteiger partial charge on any atom is -0.457 e. The van der Waals surface area contributed by atoms with Crippen molar-refractivity contribution in [3.8, 4) is 11.5 Å². The van der Waals surface area contributed by atoms with Gasteiger partial charge in [0.15, 0.2) is 5.58 Å². The number of hydrogen-bond acceptors (Lipinski definition) is 5. The zero-order chi connectivity index (χ0) is 42.1. The van der Waals surface area contributed by atoms with Crippen molar-refractivity contribution in [1.82, 2.24) is 0 Å². The molecule has 0 amide bonds. The maximum absolute atomic E-state index is 7.19. The van der Waals surface area contributed by atoms with E-state index in [0.717, 1.165) is 67.4 Å². The van der Waals surface area contributed by atoms with Crippen LogP contribution in [0.4, 0.5) is 34.1 Å². The monoisotopic (exact) mass is 812 g/mol. The molecule has 61 heavy (non-hydrogen) atoms. The molecule has 0 N–H and O–H groups in total. The smallest absolute Gasteiger partial charge is 0.268 e. The molecule has 0 spiro atoms. The summed E-state index contributed by atoms with van der Waals surface area (Å²) in [6.07, 6.45) is 0. The number of thiophene rings is 1. The Morgan fingerprint density at radius 1 is 0.590 bits per heavy atom. The molecule has 9 aromatic rings. The van der Waals surface area contributed by atoms with Gasteiger partial charge in [0, 0.05) is 43.0 Å². The molecule has 0 radical (unpaired) electrons. The lowest BCUT2D eigenvalue weighted by molar-refractivity contribution is 0.494. The first-order valence-electron chi connectivity index (χ1n) is 21.4. The molecule has 2 aliphatic heterocycles. The minimum absolute atomic E-state index is 0.00723. The van der Waals surface area contributed by atoms with Gasteiger partial charge in [-0.1, -0.05) is 113 Å². The zero-order valence-corrected chi connectivity index (χ0v) is 37.2. The highest BCUT2D eigenvalue weighted by atomic mass is 32.1. The minimum atomic E-state index is -0.0445. The van der Waals surface area contributed by atoms with Gasteiger partial charge in [-0.2, -0.15) is 0 Å². The summed E-state index contributed by atoms with van der Waals surface area (Å²) in [7, 11) is 0. The first-order valence-corrected chi connectivity index (χ1v) is 22.3. The largest absolute Gasteiger partial charge is 0.457 e. The highest BCUT2D eigenvalue weighted by Crippen LogP contribution is 2.51. The second kappa shape index (κ2) is 13.4. The molecular formula is C55H49BN2O2S. The fraction of sp³-hybridized carbons (Fsp3) is 0.200. The molecule has 2 aromatic heterocycles. The molecule has 0 unspecified atom stereocenters. The Labute approximate surface area is 363 Å². The number of hydrogen-bond donors (Lipinski definition) is 0. The van der Waals surface area contributed by atoms with Crippen molar-refractivity contribution in [2.45, 2.75) is 73.1 Å².